The molecule has 4 nitrogen and oxygen atoms in total. The predicted molar refractivity (Wildman–Crippen MR) is 66.8 cm³/mol. The van der Waals surface area contributed by atoms with E-state index in [0.717, 1.165) is 42.3 Å². The van der Waals surface area contributed by atoms with Crippen LogP contribution in [0.1, 0.15) is 17.0 Å². The number of nitrogens with two attached hydrogens (primary N) is 1. The highest BCUT2D eigenvalue weighted by Crippen LogP contribution is 2.34. The summed E-state index contributed by atoms with van der Waals surface area (Å²) in [4.78, 5) is 2.27. The second-order valence-corrected chi connectivity index (χ2v) is 4.46. The lowest BCUT2D eigenvalue weighted by Crippen LogP contribution is -2.20. The maximum absolute atomic E-state index is 6.04. The van der Waals surface area contributed by atoms with Crippen LogP contribution in [-0.2, 0) is 13.0 Å². The van der Waals surface area contributed by atoms with Crippen molar-refractivity contribution in [1.29, 1.82) is 0 Å². The Kier molecular flexibility index (Phi) is 2.28. The molecule has 0 aliphatic carbocycles. The van der Waals surface area contributed by atoms with Crippen molar-refractivity contribution < 1.29 is 4.52 Å². The van der Waals surface area contributed by atoms with E-state index in [9.17, 15) is 0 Å². The molecule has 0 unspecified atom stereocenters. The summed E-state index contributed by atoms with van der Waals surface area (Å²) in [7, 11) is 0. The number of aromatic nitrogens is 1. The molecule has 2 heterocycles. The normalized spacial score (nSPS) is 14.1. The Morgan fingerprint density at radius 1 is 1.47 bits per heavy atom. The lowest BCUT2D eigenvalue weighted by Gasteiger charge is -2.19. The molecule has 0 amide bonds. The van der Waals surface area contributed by atoms with Crippen LogP contribution in [0.2, 0.25) is 0 Å². The zero-order chi connectivity index (χ0) is 11.8. The first-order valence-electron chi connectivity index (χ1n) is 5.78. The van der Waals surface area contributed by atoms with E-state index >= 15 is 0 Å². The molecule has 0 atom stereocenters. The summed E-state index contributed by atoms with van der Waals surface area (Å²) in [5.41, 5.74) is 10.3. The maximum atomic E-state index is 6.04. The van der Waals surface area contributed by atoms with E-state index in [2.05, 4.69) is 16.1 Å². The van der Waals surface area contributed by atoms with E-state index in [-0.39, 0.29) is 0 Å². The van der Waals surface area contributed by atoms with Gasteiger partial charge in [0.25, 0.3) is 0 Å². The quantitative estimate of drug-likeness (QED) is 0.801. The van der Waals surface area contributed by atoms with Crippen molar-refractivity contribution in [1.82, 2.24) is 5.16 Å². The van der Waals surface area contributed by atoms with Gasteiger partial charge in [0.1, 0.15) is 11.5 Å². The minimum Gasteiger partial charge on any atom is -0.397 e. The van der Waals surface area contributed by atoms with E-state index in [4.69, 9.17) is 10.3 Å². The number of anilines is 2. The van der Waals surface area contributed by atoms with Crippen molar-refractivity contribution in [2.24, 2.45) is 0 Å². The maximum Gasteiger partial charge on any atom is 0.133 e. The third-order valence-corrected chi connectivity index (χ3v) is 3.15. The molecule has 2 N–H and O–H groups in total. The molecule has 0 saturated heterocycles. The third kappa shape index (κ3) is 1.75. The van der Waals surface area contributed by atoms with Crippen molar-refractivity contribution >= 4 is 11.4 Å². The van der Waals surface area contributed by atoms with Gasteiger partial charge in [-0.25, -0.2) is 0 Å². The van der Waals surface area contributed by atoms with Crippen LogP contribution in [0.4, 0.5) is 11.4 Å². The van der Waals surface area contributed by atoms with Crippen molar-refractivity contribution in [3.8, 4) is 0 Å². The minimum atomic E-state index is 0.762. The second-order valence-electron chi connectivity index (χ2n) is 4.46. The van der Waals surface area contributed by atoms with E-state index in [1.807, 2.05) is 25.1 Å². The van der Waals surface area contributed by atoms with Crippen molar-refractivity contribution in [2.45, 2.75) is 19.9 Å². The highest BCUT2D eigenvalue weighted by molar-refractivity contribution is 5.74. The van der Waals surface area contributed by atoms with Crippen LogP contribution in [0, 0.1) is 6.92 Å². The van der Waals surface area contributed by atoms with Crippen molar-refractivity contribution in [3.05, 3.63) is 41.3 Å². The number of hydrogen-bond donors (Lipinski definition) is 1. The summed E-state index contributed by atoms with van der Waals surface area (Å²) in [5, 5.41) is 4.02. The predicted octanol–water partition coefficient (Wildman–Crippen LogP) is 2.13. The van der Waals surface area contributed by atoms with E-state index in [1.165, 1.54) is 5.56 Å². The molecule has 0 fully saturated rings. The van der Waals surface area contributed by atoms with Gasteiger partial charge >= 0.3 is 0 Å². The van der Waals surface area contributed by atoms with E-state index in [0.29, 0.717) is 0 Å². The van der Waals surface area contributed by atoms with Gasteiger partial charge in [-0.1, -0.05) is 17.3 Å². The smallest absolute Gasteiger partial charge is 0.133 e. The molecule has 0 radical (unpaired) electrons. The largest absolute Gasteiger partial charge is 0.397 e. The minimum absolute atomic E-state index is 0.762. The summed E-state index contributed by atoms with van der Waals surface area (Å²) >= 11 is 0. The van der Waals surface area contributed by atoms with Crippen molar-refractivity contribution in [3.63, 3.8) is 0 Å². The van der Waals surface area contributed by atoms with E-state index < -0.39 is 0 Å². The fourth-order valence-electron chi connectivity index (χ4n) is 2.41. The molecule has 1 aliphatic rings. The molecular formula is C13H15N3O. The first-order valence-corrected chi connectivity index (χ1v) is 5.78. The first-order chi connectivity index (χ1) is 8.24. The Morgan fingerprint density at radius 2 is 2.35 bits per heavy atom. The zero-order valence-electron chi connectivity index (χ0n) is 9.81. The Bertz CT molecular complexity index is 547. The molecule has 17 heavy (non-hydrogen) atoms. The van der Waals surface area contributed by atoms with Crippen LogP contribution >= 0.6 is 0 Å². The number of hydrogen-bond acceptors (Lipinski definition) is 4. The zero-order valence-corrected chi connectivity index (χ0v) is 9.81. The van der Waals surface area contributed by atoms with Crippen LogP contribution in [0.15, 0.2) is 28.8 Å². The van der Waals surface area contributed by atoms with Crippen LogP contribution in [0.5, 0.6) is 0 Å². The summed E-state index contributed by atoms with van der Waals surface area (Å²) < 4.78 is 5.09. The van der Waals surface area contributed by atoms with Gasteiger partial charge in [0, 0.05) is 12.6 Å². The van der Waals surface area contributed by atoms with Crippen LogP contribution in [-0.4, -0.2) is 11.7 Å². The summed E-state index contributed by atoms with van der Waals surface area (Å²) in [5.74, 6) is 0.848. The number of rotatable bonds is 2. The first kappa shape index (κ1) is 10.2. The number of fused-ring (bicyclic) bond motifs is 1. The SMILES string of the molecule is Cc1cc(CN2CCc3cccc(N)c32)no1. The number of aryl methyl sites for hydroxylation is 1. The lowest BCUT2D eigenvalue weighted by molar-refractivity contribution is 0.390. The Hall–Kier alpha value is -1.97. The molecule has 4 heteroatoms. The summed E-state index contributed by atoms with van der Waals surface area (Å²) in [6, 6.07) is 8.07. The number of nitrogen functional groups attached to an aromatic ring is 1. The second kappa shape index (κ2) is 3.80. The highest BCUT2D eigenvalue weighted by atomic mass is 16.5. The van der Waals surface area contributed by atoms with E-state index in [1.54, 1.807) is 0 Å². The average Bonchev–Trinajstić information content (AvgIpc) is 2.88. The number of benzene rings is 1. The molecule has 0 saturated carbocycles. The standard InChI is InChI=1S/C13H15N3O/c1-9-7-11(15-17-9)8-16-6-5-10-3-2-4-12(14)13(10)16/h2-4,7H,5-6,8,14H2,1H3. The molecule has 2 aromatic rings. The van der Waals surface area contributed by atoms with Gasteiger partial charge in [-0.3, -0.25) is 0 Å². The molecule has 88 valence electrons. The monoisotopic (exact) mass is 229 g/mol. The molecule has 1 aliphatic heterocycles. The Balaban J connectivity index is 1.89. The average molecular weight is 229 g/mol. The van der Waals surface area contributed by atoms with Gasteiger partial charge in [0.15, 0.2) is 0 Å². The van der Waals surface area contributed by atoms with Crippen LogP contribution in [0.3, 0.4) is 0 Å². The molecule has 1 aromatic heterocycles. The lowest BCUT2D eigenvalue weighted by atomic mass is 10.1. The van der Waals surface area contributed by atoms with Gasteiger partial charge in [-0.2, -0.15) is 0 Å². The topological polar surface area (TPSA) is 55.3 Å². The highest BCUT2D eigenvalue weighted by Gasteiger charge is 2.22. The number of nitrogens with zero attached hydrogens (tertiary/aromatic N) is 2. The van der Waals surface area contributed by atoms with Gasteiger partial charge in [0.05, 0.1) is 17.9 Å². The molecule has 0 bridgehead atoms. The number of para-hydroxylation sites is 1. The molecule has 3 rings (SSSR count). The van der Waals surface area contributed by atoms with Gasteiger partial charge < -0.3 is 15.2 Å². The van der Waals surface area contributed by atoms with Gasteiger partial charge in [-0.05, 0) is 25.0 Å². The van der Waals surface area contributed by atoms with Gasteiger partial charge in [0.2, 0.25) is 0 Å². The van der Waals surface area contributed by atoms with Crippen molar-refractivity contribution in [2.75, 3.05) is 17.2 Å². The fraction of sp³-hybridized carbons (Fsp3) is 0.308. The molecule has 0 spiro atoms. The Morgan fingerprint density at radius 3 is 3.12 bits per heavy atom. The molecular weight excluding hydrogens is 214 g/mol. The summed E-state index contributed by atoms with van der Waals surface area (Å²) in [6.07, 6.45) is 1.05. The fourth-order valence-corrected chi connectivity index (χ4v) is 2.41. The van der Waals surface area contributed by atoms with Crippen LogP contribution < -0.4 is 10.6 Å². The summed E-state index contributed by atoms with van der Waals surface area (Å²) in [6.45, 7) is 3.66. The van der Waals surface area contributed by atoms with Gasteiger partial charge in [-0.15, -0.1) is 0 Å². The Labute approximate surface area is 100 Å². The molecule has 1 aromatic carbocycles. The van der Waals surface area contributed by atoms with Crippen LogP contribution in [0.25, 0.3) is 0 Å². The third-order valence-electron chi connectivity index (χ3n) is 3.15.